The number of carbonyl (C=O) groups excluding carboxylic acids is 1. The Morgan fingerprint density at radius 3 is 2.55 bits per heavy atom. The predicted molar refractivity (Wildman–Crippen MR) is 117 cm³/mol. The average Bonchev–Trinajstić information content (AvgIpc) is 3.14. The molecule has 29 heavy (non-hydrogen) atoms. The fraction of sp³-hybridized carbons (Fsp3) is 0.0909. The van der Waals surface area contributed by atoms with Crippen LogP contribution < -0.4 is 10.6 Å². The molecule has 4 rings (SSSR count). The van der Waals surface area contributed by atoms with Gasteiger partial charge >= 0.3 is 0 Å². The highest BCUT2D eigenvalue weighted by Crippen LogP contribution is 2.24. The highest BCUT2D eigenvalue weighted by atomic mass is 32.1. The van der Waals surface area contributed by atoms with Crippen LogP contribution in [-0.4, -0.2) is 21.0 Å². The van der Waals surface area contributed by atoms with Crippen LogP contribution in [0.1, 0.15) is 21.5 Å². The summed E-state index contributed by atoms with van der Waals surface area (Å²) in [5.74, 6) is 0.247. The summed E-state index contributed by atoms with van der Waals surface area (Å²) < 4.78 is 5.72. The molecule has 1 amide bonds. The van der Waals surface area contributed by atoms with Crippen molar-refractivity contribution in [1.29, 1.82) is 0 Å². The fourth-order valence-electron chi connectivity index (χ4n) is 2.81. The molecule has 2 heterocycles. The highest BCUT2D eigenvalue weighted by Gasteiger charge is 2.11. The van der Waals surface area contributed by atoms with E-state index in [4.69, 9.17) is 16.6 Å². The number of nitrogens with zero attached hydrogens (tertiary/aromatic N) is 2. The van der Waals surface area contributed by atoms with Gasteiger partial charge in [-0.3, -0.25) is 10.1 Å². The van der Waals surface area contributed by atoms with Crippen molar-refractivity contribution in [3.8, 4) is 11.5 Å². The first kappa shape index (κ1) is 18.8. The van der Waals surface area contributed by atoms with E-state index in [1.54, 1.807) is 18.3 Å². The zero-order chi connectivity index (χ0) is 20.4. The van der Waals surface area contributed by atoms with Crippen molar-refractivity contribution in [2.75, 3.05) is 5.32 Å². The fourth-order valence-corrected chi connectivity index (χ4v) is 3.02. The largest absolute Gasteiger partial charge is 0.434 e. The first-order valence-corrected chi connectivity index (χ1v) is 9.42. The third-order valence-electron chi connectivity index (χ3n) is 4.55. The van der Waals surface area contributed by atoms with Crippen LogP contribution in [0.15, 0.2) is 65.2 Å². The first-order valence-electron chi connectivity index (χ1n) is 9.01. The molecule has 6 nitrogen and oxygen atoms in total. The Balaban J connectivity index is 1.42. The molecular weight excluding hydrogens is 384 g/mol. The second kappa shape index (κ2) is 7.81. The van der Waals surface area contributed by atoms with Crippen molar-refractivity contribution in [2.24, 2.45) is 0 Å². The summed E-state index contributed by atoms with van der Waals surface area (Å²) in [4.78, 5) is 20.9. The Morgan fingerprint density at radius 2 is 1.83 bits per heavy atom. The van der Waals surface area contributed by atoms with E-state index >= 15 is 0 Å². The van der Waals surface area contributed by atoms with Crippen molar-refractivity contribution in [3.05, 3.63) is 77.5 Å². The molecule has 0 fully saturated rings. The lowest BCUT2D eigenvalue weighted by atomic mass is 10.1. The minimum absolute atomic E-state index is 0.229. The molecular formula is C22H18N4O2S. The molecule has 4 aromatic rings. The Labute approximate surface area is 173 Å². The van der Waals surface area contributed by atoms with Gasteiger partial charge in [-0.2, -0.15) is 4.98 Å². The quantitative estimate of drug-likeness (QED) is 0.486. The van der Waals surface area contributed by atoms with E-state index in [1.807, 2.05) is 56.3 Å². The van der Waals surface area contributed by atoms with Crippen LogP contribution in [0.4, 0.5) is 5.69 Å². The van der Waals surface area contributed by atoms with E-state index in [1.165, 1.54) is 0 Å². The Hall–Kier alpha value is -3.58. The Bertz CT molecular complexity index is 1180. The number of anilines is 1. The smallest absolute Gasteiger partial charge is 0.257 e. The summed E-state index contributed by atoms with van der Waals surface area (Å²) >= 11 is 5.26. The average molecular weight is 402 g/mol. The molecule has 0 aliphatic carbocycles. The van der Waals surface area contributed by atoms with Gasteiger partial charge in [-0.25, -0.2) is 4.98 Å². The maximum Gasteiger partial charge on any atom is 0.257 e. The van der Waals surface area contributed by atoms with Gasteiger partial charge in [0.2, 0.25) is 5.89 Å². The van der Waals surface area contributed by atoms with E-state index in [0.29, 0.717) is 22.7 Å². The minimum atomic E-state index is -0.249. The molecule has 0 radical (unpaired) electrons. The van der Waals surface area contributed by atoms with Crippen LogP contribution in [0, 0.1) is 13.8 Å². The molecule has 2 N–H and O–H groups in total. The van der Waals surface area contributed by atoms with Crippen LogP contribution >= 0.6 is 12.2 Å². The van der Waals surface area contributed by atoms with E-state index in [-0.39, 0.29) is 11.0 Å². The maximum absolute atomic E-state index is 12.4. The van der Waals surface area contributed by atoms with E-state index < -0.39 is 0 Å². The number of pyridine rings is 1. The van der Waals surface area contributed by atoms with Crippen LogP contribution in [0.2, 0.25) is 0 Å². The van der Waals surface area contributed by atoms with E-state index in [0.717, 1.165) is 22.4 Å². The number of hydrogen-bond donors (Lipinski definition) is 2. The first-order chi connectivity index (χ1) is 14.0. The molecule has 0 unspecified atom stereocenters. The lowest BCUT2D eigenvalue weighted by Gasteiger charge is -2.10. The van der Waals surface area contributed by atoms with Gasteiger partial charge in [0.15, 0.2) is 16.3 Å². The third-order valence-corrected chi connectivity index (χ3v) is 4.75. The number of fused-ring (bicyclic) bond motifs is 1. The van der Waals surface area contributed by atoms with Gasteiger partial charge in [0.25, 0.3) is 5.91 Å². The molecule has 0 saturated heterocycles. The normalized spacial score (nSPS) is 10.7. The van der Waals surface area contributed by atoms with Crippen LogP contribution in [0.5, 0.6) is 0 Å². The number of nitrogens with one attached hydrogen (secondary N) is 2. The SMILES string of the molecule is Cc1ccc(C(=O)NC(=S)Nc2ccc(-c3nc4ncccc4o3)cc2)cc1C. The summed E-state index contributed by atoms with van der Waals surface area (Å²) in [5.41, 5.74) is 5.53. The van der Waals surface area contributed by atoms with Crippen LogP contribution in [-0.2, 0) is 0 Å². The van der Waals surface area contributed by atoms with Crippen molar-refractivity contribution in [1.82, 2.24) is 15.3 Å². The molecule has 0 atom stereocenters. The van der Waals surface area contributed by atoms with Gasteiger partial charge in [-0.05, 0) is 85.7 Å². The third kappa shape index (κ3) is 4.14. The number of aryl methyl sites for hydroxylation is 2. The Morgan fingerprint density at radius 1 is 1.03 bits per heavy atom. The number of thiocarbonyl (C=S) groups is 1. The van der Waals surface area contributed by atoms with Crippen LogP contribution in [0.3, 0.4) is 0 Å². The zero-order valence-electron chi connectivity index (χ0n) is 15.9. The number of amides is 1. The summed E-state index contributed by atoms with van der Waals surface area (Å²) in [7, 11) is 0. The standard InChI is InChI=1S/C22H18N4O2S/c1-13-5-6-16(12-14(13)2)20(27)26-22(29)24-17-9-7-15(8-10-17)21-25-19-18(28-21)4-3-11-23-19/h3-12H,1-2H3,(H2,24,26,27,29). The summed E-state index contributed by atoms with van der Waals surface area (Å²) in [6.45, 7) is 3.97. The van der Waals surface area contributed by atoms with Gasteiger partial charge in [-0.15, -0.1) is 0 Å². The molecule has 144 valence electrons. The topological polar surface area (TPSA) is 80.0 Å². The number of rotatable bonds is 3. The zero-order valence-corrected chi connectivity index (χ0v) is 16.7. The highest BCUT2D eigenvalue weighted by molar-refractivity contribution is 7.80. The maximum atomic E-state index is 12.4. The monoisotopic (exact) mass is 402 g/mol. The second-order valence-electron chi connectivity index (χ2n) is 6.63. The molecule has 0 aliphatic heterocycles. The molecule has 0 saturated carbocycles. The number of carbonyl (C=O) groups is 1. The van der Waals surface area contributed by atoms with Crippen molar-refractivity contribution >= 4 is 40.2 Å². The van der Waals surface area contributed by atoms with Gasteiger partial charge in [0, 0.05) is 23.0 Å². The summed E-state index contributed by atoms with van der Waals surface area (Å²) in [5, 5.41) is 5.94. The van der Waals surface area contributed by atoms with Crippen molar-refractivity contribution in [3.63, 3.8) is 0 Å². The van der Waals surface area contributed by atoms with Crippen LogP contribution in [0.25, 0.3) is 22.7 Å². The summed E-state index contributed by atoms with van der Waals surface area (Å²) in [6, 6.07) is 16.6. The molecule has 0 bridgehead atoms. The van der Waals surface area contributed by atoms with Gasteiger partial charge in [0.1, 0.15) is 0 Å². The number of hydrogen-bond acceptors (Lipinski definition) is 5. The number of aromatic nitrogens is 2. The lowest BCUT2D eigenvalue weighted by molar-refractivity contribution is 0.0977. The van der Waals surface area contributed by atoms with Crippen molar-refractivity contribution in [2.45, 2.75) is 13.8 Å². The number of oxazole rings is 1. The van der Waals surface area contributed by atoms with Gasteiger partial charge in [-0.1, -0.05) is 6.07 Å². The summed E-state index contributed by atoms with van der Waals surface area (Å²) in [6.07, 6.45) is 1.68. The molecule has 2 aromatic carbocycles. The molecule has 0 spiro atoms. The van der Waals surface area contributed by atoms with Crippen molar-refractivity contribution < 1.29 is 9.21 Å². The number of benzene rings is 2. The second-order valence-corrected chi connectivity index (χ2v) is 7.04. The molecule has 0 aliphatic rings. The minimum Gasteiger partial charge on any atom is -0.434 e. The van der Waals surface area contributed by atoms with Gasteiger partial charge in [0.05, 0.1) is 0 Å². The van der Waals surface area contributed by atoms with Gasteiger partial charge < -0.3 is 9.73 Å². The lowest BCUT2D eigenvalue weighted by Crippen LogP contribution is -2.34. The molecule has 7 heteroatoms. The predicted octanol–water partition coefficient (Wildman–Crippen LogP) is 4.63. The van der Waals surface area contributed by atoms with E-state index in [2.05, 4.69) is 20.6 Å². The molecule has 2 aromatic heterocycles. The Kier molecular flexibility index (Phi) is 5.05. The van der Waals surface area contributed by atoms with E-state index in [9.17, 15) is 4.79 Å².